The highest BCUT2D eigenvalue weighted by Crippen LogP contribution is 2.08. The van der Waals surface area contributed by atoms with E-state index in [1.807, 2.05) is 18.2 Å². The van der Waals surface area contributed by atoms with Crippen LogP contribution in [0.5, 0.6) is 0 Å². The zero-order valence-corrected chi connectivity index (χ0v) is 9.11. The highest BCUT2D eigenvalue weighted by atomic mass is 16.3. The van der Waals surface area contributed by atoms with Crippen LogP contribution in [0.15, 0.2) is 40.9 Å². The lowest BCUT2D eigenvalue weighted by Crippen LogP contribution is -2.19. The molecule has 0 fully saturated rings. The highest BCUT2D eigenvalue weighted by Gasteiger charge is 1.99. The Hall–Kier alpha value is -3.01. The van der Waals surface area contributed by atoms with Gasteiger partial charge in [0.15, 0.2) is 0 Å². The number of tetrazole rings is 1. The maximum Gasteiger partial charge on any atom is 0.288 e. The second-order valence-electron chi connectivity index (χ2n) is 3.21. The van der Waals surface area contributed by atoms with Gasteiger partial charge in [0.25, 0.3) is 5.95 Å². The van der Waals surface area contributed by atoms with E-state index in [0.717, 1.165) is 5.56 Å². The molecule has 0 spiro atoms. The molecule has 1 aromatic heterocycles. The summed E-state index contributed by atoms with van der Waals surface area (Å²) in [7, 11) is 0. The van der Waals surface area contributed by atoms with Crippen LogP contribution in [0.2, 0.25) is 0 Å². The minimum Gasteiger partial charge on any atom is -0.858 e. The summed E-state index contributed by atoms with van der Waals surface area (Å²) in [5.41, 5.74) is 0.650. The first-order valence-corrected chi connectivity index (χ1v) is 4.96. The third kappa shape index (κ3) is 2.76. The lowest BCUT2D eigenvalue weighted by molar-refractivity contribution is -0.212. The molecule has 0 aliphatic heterocycles. The average Bonchev–Trinajstić information content (AvgIpc) is 2.90. The number of aliphatic imine (C=N–C) groups is 1. The van der Waals surface area contributed by atoms with Gasteiger partial charge in [-0.05, 0) is 16.9 Å². The largest absolute Gasteiger partial charge is 0.858 e. The van der Waals surface area contributed by atoms with E-state index in [2.05, 4.69) is 25.6 Å². The van der Waals surface area contributed by atoms with Crippen molar-refractivity contribution in [1.82, 2.24) is 20.6 Å². The SMILES string of the molecule is N#C/C(=C\c1ccccc1)C([O-])=Nc1nn[nH]n1. The molecule has 7 nitrogen and oxygen atoms in total. The van der Waals surface area contributed by atoms with Gasteiger partial charge < -0.3 is 5.11 Å². The quantitative estimate of drug-likeness (QED) is 0.466. The molecular formula is C11H7N6O-. The first kappa shape index (κ1) is 11.5. The lowest BCUT2D eigenvalue weighted by Gasteiger charge is -2.06. The molecule has 1 N–H and O–H groups in total. The van der Waals surface area contributed by atoms with Gasteiger partial charge in [0, 0.05) is 5.90 Å². The van der Waals surface area contributed by atoms with Crippen molar-refractivity contribution in [3.05, 3.63) is 41.5 Å². The van der Waals surface area contributed by atoms with Crippen molar-refractivity contribution in [2.45, 2.75) is 0 Å². The van der Waals surface area contributed by atoms with Crippen LogP contribution >= 0.6 is 0 Å². The number of hydrogen-bond donors (Lipinski definition) is 1. The fraction of sp³-hybridized carbons (Fsp3) is 0. The van der Waals surface area contributed by atoms with Crippen LogP contribution in [0.1, 0.15) is 5.56 Å². The summed E-state index contributed by atoms with van der Waals surface area (Å²) in [4.78, 5) is 3.54. The molecule has 0 unspecified atom stereocenters. The Morgan fingerprint density at radius 2 is 2.17 bits per heavy atom. The maximum atomic E-state index is 11.7. The van der Waals surface area contributed by atoms with Crippen molar-refractivity contribution in [3.8, 4) is 6.07 Å². The molecule has 1 heterocycles. The van der Waals surface area contributed by atoms with Crippen LogP contribution in [-0.2, 0) is 0 Å². The van der Waals surface area contributed by atoms with Crippen molar-refractivity contribution in [1.29, 1.82) is 5.26 Å². The van der Waals surface area contributed by atoms with Crippen molar-refractivity contribution in [2.24, 2.45) is 4.99 Å². The normalized spacial score (nSPS) is 12.2. The molecule has 1 aromatic carbocycles. The Labute approximate surface area is 102 Å². The van der Waals surface area contributed by atoms with Crippen LogP contribution in [0.4, 0.5) is 5.95 Å². The lowest BCUT2D eigenvalue weighted by atomic mass is 10.1. The van der Waals surface area contributed by atoms with E-state index in [1.165, 1.54) is 6.08 Å². The van der Waals surface area contributed by atoms with Gasteiger partial charge in [0.05, 0.1) is 5.57 Å². The zero-order valence-electron chi connectivity index (χ0n) is 9.11. The number of rotatable bonds is 3. The molecule has 7 heteroatoms. The monoisotopic (exact) mass is 239 g/mol. The van der Waals surface area contributed by atoms with Gasteiger partial charge in [-0.3, -0.25) is 0 Å². The summed E-state index contributed by atoms with van der Waals surface area (Å²) >= 11 is 0. The molecule has 0 atom stereocenters. The number of nitrogens with zero attached hydrogens (tertiary/aromatic N) is 5. The van der Waals surface area contributed by atoms with Crippen molar-refractivity contribution >= 4 is 17.9 Å². The van der Waals surface area contributed by atoms with Crippen LogP contribution in [-0.4, -0.2) is 26.5 Å². The Balaban J connectivity index is 2.30. The van der Waals surface area contributed by atoms with E-state index < -0.39 is 5.90 Å². The summed E-state index contributed by atoms with van der Waals surface area (Å²) in [5.74, 6) is -0.808. The molecule has 2 rings (SSSR count). The van der Waals surface area contributed by atoms with E-state index in [-0.39, 0.29) is 11.5 Å². The number of H-pyrrole nitrogens is 1. The van der Waals surface area contributed by atoms with Gasteiger partial charge in [-0.15, -0.1) is 5.10 Å². The topological polar surface area (TPSA) is 114 Å². The fourth-order valence-electron chi connectivity index (χ4n) is 1.21. The van der Waals surface area contributed by atoms with Gasteiger partial charge in [-0.1, -0.05) is 35.4 Å². The van der Waals surface area contributed by atoms with E-state index in [4.69, 9.17) is 5.26 Å². The minimum atomic E-state index is -0.706. The third-order valence-corrected chi connectivity index (χ3v) is 2.00. The molecule has 18 heavy (non-hydrogen) atoms. The van der Waals surface area contributed by atoms with Crippen LogP contribution in [0, 0.1) is 11.3 Å². The smallest absolute Gasteiger partial charge is 0.288 e. The zero-order chi connectivity index (χ0) is 12.8. The van der Waals surface area contributed by atoms with Gasteiger partial charge in [0.1, 0.15) is 6.07 Å². The highest BCUT2D eigenvalue weighted by molar-refractivity contribution is 5.99. The summed E-state index contributed by atoms with van der Waals surface area (Å²) < 4.78 is 0. The second-order valence-corrected chi connectivity index (χ2v) is 3.21. The van der Waals surface area contributed by atoms with E-state index >= 15 is 0 Å². The van der Waals surface area contributed by atoms with E-state index in [1.54, 1.807) is 18.2 Å². The number of benzene rings is 1. The van der Waals surface area contributed by atoms with Gasteiger partial charge >= 0.3 is 0 Å². The molecule has 0 saturated heterocycles. The Morgan fingerprint density at radius 3 is 2.78 bits per heavy atom. The fourth-order valence-corrected chi connectivity index (χ4v) is 1.21. The molecule has 0 amide bonds. The molecule has 0 radical (unpaired) electrons. The second kappa shape index (κ2) is 5.36. The van der Waals surface area contributed by atoms with Gasteiger partial charge in [-0.2, -0.15) is 10.5 Å². The van der Waals surface area contributed by atoms with Gasteiger partial charge in [-0.25, -0.2) is 4.99 Å². The molecule has 2 aromatic rings. The Morgan fingerprint density at radius 1 is 1.39 bits per heavy atom. The summed E-state index contributed by atoms with van der Waals surface area (Å²) in [6.07, 6.45) is 1.45. The number of aromatic amines is 1. The standard InChI is InChI=1S/C11H8N6O/c12-7-9(6-8-4-2-1-3-5-8)10(18)13-11-14-16-17-15-11/h1-6H,(H2,13,14,15,16,17,18)/p-1/b9-6+. The van der Waals surface area contributed by atoms with E-state index in [9.17, 15) is 5.11 Å². The van der Waals surface area contributed by atoms with E-state index in [0.29, 0.717) is 0 Å². The Kier molecular flexibility index (Phi) is 3.42. The van der Waals surface area contributed by atoms with Crippen LogP contribution < -0.4 is 5.11 Å². The molecule has 0 saturated carbocycles. The average molecular weight is 239 g/mol. The molecule has 0 aliphatic carbocycles. The predicted molar refractivity (Wildman–Crippen MR) is 61.3 cm³/mol. The summed E-state index contributed by atoms with van der Waals surface area (Å²) in [5, 5.41) is 33.0. The number of hydrogen-bond acceptors (Lipinski definition) is 6. The number of aromatic nitrogens is 4. The van der Waals surface area contributed by atoms with Crippen LogP contribution in [0.25, 0.3) is 6.08 Å². The predicted octanol–water partition coefficient (Wildman–Crippen LogP) is 0.197. The summed E-state index contributed by atoms with van der Waals surface area (Å²) in [6.45, 7) is 0. The van der Waals surface area contributed by atoms with Crippen molar-refractivity contribution in [3.63, 3.8) is 0 Å². The number of nitriles is 1. The Bertz CT molecular complexity index is 609. The third-order valence-electron chi connectivity index (χ3n) is 2.00. The number of nitrogens with one attached hydrogen (secondary N) is 1. The van der Waals surface area contributed by atoms with Gasteiger partial charge in [0.2, 0.25) is 0 Å². The molecular weight excluding hydrogens is 232 g/mol. The first-order valence-electron chi connectivity index (χ1n) is 4.96. The molecule has 0 aliphatic rings. The minimum absolute atomic E-state index is 0.0917. The first-order chi connectivity index (χ1) is 8.79. The molecule has 88 valence electrons. The maximum absolute atomic E-state index is 11.7. The van der Waals surface area contributed by atoms with Crippen molar-refractivity contribution in [2.75, 3.05) is 0 Å². The molecule has 0 bridgehead atoms. The summed E-state index contributed by atoms with van der Waals surface area (Å²) in [6, 6.07) is 10.8. The van der Waals surface area contributed by atoms with Crippen molar-refractivity contribution < 1.29 is 5.11 Å². The van der Waals surface area contributed by atoms with Crippen LogP contribution in [0.3, 0.4) is 0 Å².